The number of nitrogens with zero attached hydrogens (tertiary/aromatic N) is 3. The third-order valence-corrected chi connectivity index (χ3v) is 4.68. The molecule has 5 heteroatoms. The Balaban J connectivity index is 1.99. The maximum Gasteiger partial charge on any atom is 0.195 e. The Morgan fingerprint density at radius 1 is 1.47 bits per heavy atom. The van der Waals surface area contributed by atoms with Crippen molar-refractivity contribution >= 4 is 22.1 Å². The quantitative estimate of drug-likeness (QED) is 0.938. The second kappa shape index (κ2) is 4.80. The summed E-state index contributed by atoms with van der Waals surface area (Å²) in [5.74, 6) is 1.16. The van der Waals surface area contributed by atoms with Crippen LogP contribution in [0.1, 0.15) is 32.4 Å². The van der Waals surface area contributed by atoms with Gasteiger partial charge >= 0.3 is 0 Å². The van der Waals surface area contributed by atoms with Gasteiger partial charge in [0.15, 0.2) is 10.8 Å². The average Bonchev–Trinajstić information content (AvgIpc) is 2.90. The normalized spacial score (nSPS) is 19.2. The van der Waals surface area contributed by atoms with Crippen molar-refractivity contribution in [3.05, 3.63) is 17.3 Å². The molecule has 2 aromatic rings. The van der Waals surface area contributed by atoms with Crippen LogP contribution in [0.15, 0.2) is 11.6 Å². The number of piperidine rings is 1. The van der Waals surface area contributed by atoms with E-state index in [1.807, 2.05) is 0 Å². The first kappa shape index (κ1) is 12.9. The fourth-order valence-electron chi connectivity index (χ4n) is 3.05. The summed E-state index contributed by atoms with van der Waals surface area (Å²) < 4.78 is 2.20. The van der Waals surface area contributed by atoms with Gasteiger partial charge in [-0.25, -0.2) is 4.98 Å². The smallest absolute Gasteiger partial charge is 0.195 e. The first-order valence-electron chi connectivity index (χ1n) is 7.00. The molecular formula is C14H22N4S. The summed E-state index contributed by atoms with van der Waals surface area (Å²) in [6.07, 6.45) is 5.55. The number of nitrogens with two attached hydrogens (primary N) is 1. The van der Waals surface area contributed by atoms with E-state index in [4.69, 9.17) is 10.7 Å². The standard InChI is InChI=1S/C14H22N4S/c1-14(2)5-3-7-17(10-14)12-11(4-6-15)18-8-9-19-13(18)16-12/h8-9H,3-7,10,15H2,1-2H3. The SMILES string of the molecule is CC1(C)CCCN(c2nc3sccn3c2CCN)C1. The van der Waals surface area contributed by atoms with Crippen LogP contribution in [-0.4, -0.2) is 29.0 Å². The van der Waals surface area contributed by atoms with E-state index in [1.165, 1.54) is 18.5 Å². The number of hydrogen-bond acceptors (Lipinski definition) is 4. The second-order valence-electron chi connectivity index (χ2n) is 6.17. The van der Waals surface area contributed by atoms with Crippen LogP contribution in [-0.2, 0) is 6.42 Å². The molecule has 3 rings (SSSR count). The fraction of sp³-hybridized carbons (Fsp3) is 0.643. The molecule has 104 valence electrons. The molecule has 0 spiro atoms. The van der Waals surface area contributed by atoms with Crippen LogP contribution in [0, 0.1) is 5.41 Å². The highest BCUT2D eigenvalue weighted by molar-refractivity contribution is 7.15. The molecule has 0 bridgehead atoms. The Labute approximate surface area is 118 Å². The predicted molar refractivity (Wildman–Crippen MR) is 81.1 cm³/mol. The van der Waals surface area contributed by atoms with Gasteiger partial charge in [0.05, 0.1) is 5.69 Å². The number of fused-ring (bicyclic) bond motifs is 1. The Morgan fingerprint density at radius 3 is 3.05 bits per heavy atom. The van der Waals surface area contributed by atoms with Gasteiger partial charge in [-0.05, 0) is 24.8 Å². The number of thiazole rings is 1. The van der Waals surface area contributed by atoms with E-state index in [2.05, 4.69) is 34.7 Å². The molecule has 0 amide bonds. The molecule has 1 aliphatic rings. The van der Waals surface area contributed by atoms with E-state index in [-0.39, 0.29) is 0 Å². The zero-order valence-electron chi connectivity index (χ0n) is 11.7. The Hall–Kier alpha value is -1.07. The van der Waals surface area contributed by atoms with Crippen LogP contribution in [0.3, 0.4) is 0 Å². The second-order valence-corrected chi connectivity index (χ2v) is 7.04. The minimum atomic E-state index is 0.384. The minimum absolute atomic E-state index is 0.384. The van der Waals surface area contributed by atoms with Crippen LogP contribution >= 0.6 is 11.3 Å². The zero-order valence-corrected chi connectivity index (χ0v) is 12.5. The van der Waals surface area contributed by atoms with Crippen molar-refractivity contribution in [3.63, 3.8) is 0 Å². The van der Waals surface area contributed by atoms with Crippen LogP contribution in [0.2, 0.25) is 0 Å². The number of imidazole rings is 1. The van der Waals surface area contributed by atoms with Gasteiger partial charge in [0.1, 0.15) is 0 Å². The molecule has 0 aromatic carbocycles. The molecule has 0 saturated carbocycles. The largest absolute Gasteiger partial charge is 0.355 e. The maximum atomic E-state index is 5.78. The van der Waals surface area contributed by atoms with Gasteiger partial charge in [0.25, 0.3) is 0 Å². The van der Waals surface area contributed by atoms with Crippen molar-refractivity contribution in [2.75, 3.05) is 24.5 Å². The lowest BCUT2D eigenvalue weighted by atomic mass is 9.84. The lowest BCUT2D eigenvalue weighted by Gasteiger charge is -2.38. The minimum Gasteiger partial charge on any atom is -0.355 e. The predicted octanol–water partition coefficient (Wildman–Crippen LogP) is 2.52. The molecule has 0 unspecified atom stereocenters. The van der Waals surface area contributed by atoms with Gasteiger partial charge in [0.2, 0.25) is 0 Å². The molecule has 4 nitrogen and oxygen atoms in total. The number of rotatable bonds is 3. The van der Waals surface area contributed by atoms with E-state index in [1.54, 1.807) is 11.3 Å². The molecular weight excluding hydrogens is 256 g/mol. The first-order chi connectivity index (χ1) is 9.11. The van der Waals surface area contributed by atoms with Crippen LogP contribution in [0.5, 0.6) is 0 Å². The summed E-state index contributed by atoms with van der Waals surface area (Å²) in [6.45, 7) is 7.58. The molecule has 3 heterocycles. The molecule has 0 radical (unpaired) electrons. The van der Waals surface area contributed by atoms with Crippen molar-refractivity contribution in [2.24, 2.45) is 11.1 Å². The fourth-order valence-corrected chi connectivity index (χ4v) is 3.78. The highest BCUT2D eigenvalue weighted by Crippen LogP contribution is 2.33. The van der Waals surface area contributed by atoms with E-state index < -0.39 is 0 Å². The molecule has 2 N–H and O–H groups in total. The lowest BCUT2D eigenvalue weighted by Crippen LogP contribution is -2.40. The highest BCUT2D eigenvalue weighted by Gasteiger charge is 2.29. The maximum absolute atomic E-state index is 5.78. The molecule has 19 heavy (non-hydrogen) atoms. The van der Waals surface area contributed by atoms with Crippen LogP contribution in [0.25, 0.3) is 4.96 Å². The summed E-state index contributed by atoms with van der Waals surface area (Å²) >= 11 is 1.70. The van der Waals surface area contributed by atoms with E-state index in [0.29, 0.717) is 12.0 Å². The van der Waals surface area contributed by atoms with Crippen molar-refractivity contribution < 1.29 is 0 Å². The van der Waals surface area contributed by atoms with Crippen molar-refractivity contribution in [1.29, 1.82) is 0 Å². The first-order valence-corrected chi connectivity index (χ1v) is 7.88. The van der Waals surface area contributed by atoms with E-state index in [0.717, 1.165) is 30.3 Å². The van der Waals surface area contributed by atoms with Crippen molar-refractivity contribution in [3.8, 4) is 0 Å². The van der Waals surface area contributed by atoms with Crippen molar-refractivity contribution in [2.45, 2.75) is 33.1 Å². The van der Waals surface area contributed by atoms with Crippen LogP contribution < -0.4 is 10.6 Å². The number of anilines is 1. The van der Waals surface area contributed by atoms with E-state index in [9.17, 15) is 0 Å². The summed E-state index contributed by atoms with van der Waals surface area (Å²) in [5.41, 5.74) is 7.43. The third kappa shape index (κ3) is 2.37. The van der Waals surface area contributed by atoms with Gasteiger partial charge in [-0.3, -0.25) is 4.40 Å². The number of aromatic nitrogens is 2. The van der Waals surface area contributed by atoms with Gasteiger partial charge < -0.3 is 10.6 Å². The van der Waals surface area contributed by atoms with Gasteiger partial charge in [-0.2, -0.15) is 0 Å². The Kier molecular flexibility index (Phi) is 3.27. The molecule has 1 fully saturated rings. The molecule has 1 aliphatic heterocycles. The highest BCUT2D eigenvalue weighted by atomic mass is 32.1. The summed E-state index contributed by atoms with van der Waals surface area (Å²) in [4.78, 5) is 8.37. The molecule has 1 saturated heterocycles. The topological polar surface area (TPSA) is 46.6 Å². The molecule has 0 aliphatic carbocycles. The van der Waals surface area contributed by atoms with Crippen LogP contribution in [0.4, 0.5) is 5.82 Å². The monoisotopic (exact) mass is 278 g/mol. The summed E-state index contributed by atoms with van der Waals surface area (Å²) in [5, 5.41) is 2.09. The Morgan fingerprint density at radius 2 is 2.32 bits per heavy atom. The molecule has 2 aromatic heterocycles. The summed E-state index contributed by atoms with van der Waals surface area (Å²) in [7, 11) is 0. The summed E-state index contributed by atoms with van der Waals surface area (Å²) in [6, 6.07) is 0. The van der Waals surface area contributed by atoms with Crippen molar-refractivity contribution in [1.82, 2.24) is 9.38 Å². The Bertz CT molecular complexity index is 569. The van der Waals surface area contributed by atoms with E-state index >= 15 is 0 Å². The number of hydrogen-bond donors (Lipinski definition) is 1. The lowest BCUT2D eigenvalue weighted by molar-refractivity contribution is 0.292. The van der Waals surface area contributed by atoms with Gasteiger partial charge in [-0.15, -0.1) is 11.3 Å². The van der Waals surface area contributed by atoms with Gasteiger partial charge in [-0.1, -0.05) is 13.8 Å². The molecule has 0 atom stereocenters. The zero-order chi connectivity index (χ0) is 13.5. The third-order valence-electron chi connectivity index (χ3n) is 3.92. The average molecular weight is 278 g/mol. The van der Waals surface area contributed by atoms with Gasteiger partial charge in [0, 0.05) is 31.1 Å².